The number of nitrogens with zero attached hydrogens (tertiary/aromatic N) is 2. The zero-order chi connectivity index (χ0) is 9.11. The minimum absolute atomic E-state index is 0.438. The molecule has 0 atom stereocenters. The van der Waals surface area contributed by atoms with Crippen molar-refractivity contribution in [1.82, 2.24) is 4.90 Å². The van der Waals surface area contributed by atoms with E-state index in [-0.39, 0.29) is 0 Å². The summed E-state index contributed by atoms with van der Waals surface area (Å²) in [6, 6.07) is 0. The summed E-state index contributed by atoms with van der Waals surface area (Å²) in [5, 5.41) is 7.58. The number of rotatable bonds is 3. The molecule has 0 aromatic carbocycles. The second kappa shape index (κ2) is 12.7. The van der Waals surface area contributed by atoms with E-state index in [1.54, 1.807) is 0 Å². The fourth-order valence-electron chi connectivity index (χ4n) is 0.474. The molecule has 0 amide bonds. The SMILES string of the molecule is CCCCN(C)C.N#CBBr. The maximum absolute atomic E-state index is 7.58. The van der Waals surface area contributed by atoms with Crippen LogP contribution in [0.1, 0.15) is 19.8 Å². The Hall–Kier alpha value is -0.00506. The van der Waals surface area contributed by atoms with Gasteiger partial charge in [-0.05, 0) is 27.1 Å². The molecule has 0 bridgehead atoms. The molecule has 0 rings (SSSR count). The lowest BCUT2D eigenvalue weighted by Gasteiger charge is -2.05. The molecule has 0 aromatic heterocycles. The normalized spacial score (nSPS) is 8.00. The first kappa shape index (κ1) is 13.6. The fourth-order valence-corrected chi connectivity index (χ4v) is 0.474. The average Bonchev–Trinajstić information content (AvgIpc) is 2.01. The Morgan fingerprint density at radius 1 is 1.55 bits per heavy atom. The summed E-state index contributed by atoms with van der Waals surface area (Å²) in [5.74, 6) is 1.85. The standard InChI is InChI=1S/C6H15N.CHBBrN/c1-4-5-6-7(2)3;3-2-1-4/h4-6H2,1-3H3;2H. The highest BCUT2D eigenvalue weighted by molar-refractivity contribution is 9.23. The third-order valence-corrected chi connectivity index (χ3v) is 1.27. The molecule has 0 aliphatic carbocycles. The monoisotopic (exact) mass is 218 g/mol. The molecule has 0 radical (unpaired) electrons. The van der Waals surface area contributed by atoms with Crippen LogP contribution in [0, 0.1) is 11.2 Å². The summed E-state index contributed by atoms with van der Waals surface area (Å²) in [5.41, 5.74) is 0. The lowest BCUT2D eigenvalue weighted by molar-refractivity contribution is 0.398. The molecule has 0 fully saturated rings. The number of nitriles is 1. The van der Waals surface area contributed by atoms with Gasteiger partial charge in [0.05, 0.1) is 0 Å². The molecular formula is C7H16BBrN2. The number of hydrogen-bond acceptors (Lipinski definition) is 2. The van der Waals surface area contributed by atoms with Crippen molar-refractivity contribution >= 4 is 21.9 Å². The van der Waals surface area contributed by atoms with Crippen LogP contribution in [0.3, 0.4) is 0 Å². The summed E-state index contributed by atoms with van der Waals surface area (Å²) < 4.78 is 0. The Labute approximate surface area is 78.8 Å². The molecule has 0 N–H and O–H groups in total. The van der Waals surface area contributed by atoms with Crippen LogP contribution in [0.5, 0.6) is 0 Å². The van der Waals surface area contributed by atoms with Crippen molar-refractivity contribution in [2.75, 3.05) is 20.6 Å². The average molecular weight is 219 g/mol. The van der Waals surface area contributed by atoms with Crippen molar-refractivity contribution < 1.29 is 0 Å². The lowest BCUT2D eigenvalue weighted by atomic mass is 10.2. The van der Waals surface area contributed by atoms with Gasteiger partial charge in [0.1, 0.15) is 0 Å². The lowest BCUT2D eigenvalue weighted by Crippen LogP contribution is -2.12. The van der Waals surface area contributed by atoms with Gasteiger partial charge < -0.3 is 4.90 Å². The largest absolute Gasteiger partial charge is 0.326 e. The molecule has 0 aliphatic rings. The Morgan fingerprint density at radius 3 is 2.09 bits per heavy atom. The Bertz CT molecular complexity index is 101. The van der Waals surface area contributed by atoms with E-state index in [1.165, 1.54) is 19.4 Å². The Balaban J connectivity index is 0. The predicted molar refractivity (Wildman–Crippen MR) is 55.2 cm³/mol. The zero-order valence-electron chi connectivity index (χ0n) is 7.60. The van der Waals surface area contributed by atoms with Gasteiger partial charge in [0.25, 0.3) is 0 Å². The molecule has 0 saturated carbocycles. The first-order chi connectivity index (χ1) is 5.18. The maximum Gasteiger partial charge on any atom is 0.326 e. The summed E-state index contributed by atoms with van der Waals surface area (Å²) in [6.07, 6.45) is 3.07. The van der Waals surface area contributed by atoms with Crippen molar-refractivity contribution in [1.29, 1.82) is 5.26 Å². The number of unbranched alkanes of at least 4 members (excludes halogenated alkanes) is 1. The van der Waals surface area contributed by atoms with Crippen LogP contribution in [0.4, 0.5) is 0 Å². The highest BCUT2D eigenvalue weighted by Gasteiger charge is 1.83. The van der Waals surface area contributed by atoms with E-state index in [9.17, 15) is 0 Å². The van der Waals surface area contributed by atoms with Crippen LogP contribution in [0.25, 0.3) is 0 Å². The first-order valence-electron chi connectivity index (χ1n) is 3.76. The van der Waals surface area contributed by atoms with Crippen LogP contribution in [-0.4, -0.2) is 31.6 Å². The summed E-state index contributed by atoms with van der Waals surface area (Å²) >= 11 is 2.89. The van der Waals surface area contributed by atoms with Crippen LogP contribution in [0.2, 0.25) is 0 Å². The maximum atomic E-state index is 7.58. The van der Waals surface area contributed by atoms with Crippen molar-refractivity contribution in [3.63, 3.8) is 0 Å². The quantitative estimate of drug-likeness (QED) is 0.673. The van der Waals surface area contributed by atoms with Gasteiger partial charge in [0.2, 0.25) is 0 Å². The molecule has 0 heterocycles. The molecule has 0 unspecified atom stereocenters. The highest BCUT2D eigenvalue weighted by Crippen LogP contribution is 1.86. The van der Waals surface area contributed by atoms with Gasteiger partial charge in [-0.3, -0.25) is 0 Å². The number of halogens is 1. The molecule has 0 aromatic rings. The third kappa shape index (κ3) is 25.6. The first-order valence-corrected chi connectivity index (χ1v) is 4.88. The molecule has 4 heteroatoms. The van der Waals surface area contributed by atoms with Gasteiger partial charge >= 0.3 is 6.10 Å². The Kier molecular flexibility index (Phi) is 15.6. The van der Waals surface area contributed by atoms with E-state index in [4.69, 9.17) is 5.26 Å². The minimum atomic E-state index is 0.438. The van der Waals surface area contributed by atoms with E-state index in [1.807, 2.05) is 5.97 Å². The van der Waals surface area contributed by atoms with Crippen molar-refractivity contribution in [3.05, 3.63) is 0 Å². The summed E-state index contributed by atoms with van der Waals surface area (Å²) in [7, 11) is 4.21. The molecule has 11 heavy (non-hydrogen) atoms. The third-order valence-electron chi connectivity index (χ3n) is 1.02. The topological polar surface area (TPSA) is 27.0 Å². The highest BCUT2D eigenvalue weighted by atomic mass is 79.9. The van der Waals surface area contributed by atoms with E-state index >= 15 is 0 Å². The van der Waals surface area contributed by atoms with E-state index in [0.717, 1.165) is 0 Å². The van der Waals surface area contributed by atoms with Gasteiger partial charge in [0, 0.05) is 5.97 Å². The summed E-state index contributed by atoms with van der Waals surface area (Å²) in [6.45, 7) is 3.44. The molecule has 64 valence electrons. The van der Waals surface area contributed by atoms with Gasteiger partial charge in [-0.2, -0.15) is 0 Å². The van der Waals surface area contributed by atoms with E-state index < -0.39 is 0 Å². The Morgan fingerprint density at radius 2 is 2.00 bits per heavy atom. The van der Waals surface area contributed by atoms with Gasteiger partial charge in [0.15, 0.2) is 0 Å². The molecule has 2 nitrogen and oxygen atoms in total. The minimum Gasteiger partial charge on any atom is -0.309 e. The van der Waals surface area contributed by atoms with Gasteiger partial charge in [-0.25, -0.2) is 5.26 Å². The molecule has 0 saturated heterocycles. The van der Waals surface area contributed by atoms with Crippen molar-refractivity contribution in [2.24, 2.45) is 0 Å². The van der Waals surface area contributed by atoms with Crippen LogP contribution in [-0.2, 0) is 0 Å². The van der Waals surface area contributed by atoms with Gasteiger partial charge in [-0.15, -0.1) is 15.8 Å². The van der Waals surface area contributed by atoms with E-state index in [0.29, 0.717) is 6.10 Å². The summed E-state index contributed by atoms with van der Waals surface area (Å²) in [4.78, 5) is 2.21. The van der Waals surface area contributed by atoms with Crippen LogP contribution >= 0.6 is 15.8 Å². The van der Waals surface area contributed by atoms with Crippen LogP contribution in [0.15, 0.2) is 0 Å². The second-order valence-corrected chi connectivity index (χ2v) is 3.01. The van der Waals surface area contributed by atoms with Crippen molar-refractivity contribution in [3.8, 4) is 5.97 Å². The van der Waals surface area contributed by atoms with Crippen molar-refractivity contribution in [2.45, 2.75) is 19.8 Å². The van der Waals surface area contributed by atoms with Crippen LogP contribution < -0.4 is 0 Å². The van der Waals surface area contributed by atoms with E-state index in [2.05, 4.69) is 41.7 Å². The smallest absolute Gasteiger partial charge is 0.309 e. The molecular weight excluding hydrogens is 203 g/mol. The molecule has 0 spiro atoms. The second-order valence-electron chi connectivity index (χ2n) is 2.45. The predicted octanol–water partition coefficient (Wildman–Crippen LogP) is 1.56. The number of hydrogen-bond donors (Lipinski definition) is 0. The van der Waals surface area contributed by atoms with Gasteiger partial charge in [-0.1, -0.05) is 13.3 Å². The zero-order valence-corrected chi connectivity index (χ0v) is 9.19. The molecule has 0 aliphatic heterocycles. The fraction of sp³-hybridized carbons (Fsp3) is 0.857.